The molecule has 0 spiro atoms. The summed E-state index contributed by atoms with van der Waals surface area (Å²) < 4.78 is 10.5. The van der Waals surface area contributed by atoms with Crippen LogP contribution in [-0.2, 0) is 19.1 Å². The van der Waals surface area contributed by atoms with Crippen LogP contribution in [0.3, 0.4) is 0 Å². The molecule has 6 nitrogen and oxygen atoms in total. The zero-order valence-electron chi connectivity index (χ0n) is 9.43. The van der Waals surface area contributed by atoms with Gasteiger partial charge in [-0.3, -0.25) is 14.6 Å². The summed E-state index contributed by atoms with van der Waals surface area (Å²) in [6.45, 7) is 1.51. The first-order valence-corrected chi connectivity index (χ1v) is 5.90. The third-order valence-corrected chi connectivity index (χ3v) is 3.07. The topological polar surface area (TPSA) is 69.1 Å². The van der Waals surface area contributed by atoms with Crippen molar-refractivity contribution >= 4 is 22.9 Å². The summed E-state index contributed by atoms with van der Waals surface area (Å²) in [7, 11) is 1.51. The number of hydrogen-bond acceptors (Lipinski definition) is 7. The van der Waals surface area contributed by atoms with E-state index in [0.717, 1.165) is 0 Å². The number of nitrogens with zero attached hydrogens (tertiary/aromatic N) is 1. The molecule has 1 saturated heterocycles. The van der Waals surface area contributed by atoms with E-state index < -0.39 is 0 Å². The van der Waals surface area contributed by atoms with E-state index >= 15 is 0 Å². The molecule has 0 bridgehead atoms. The standard InChI is InChI=1S/C10H12N2O4S/c1-6(13)15-5-7-3-4-8-9(16-7)17-10(11-8)12-14-2/h7-9H,5H2,1-2H3,(H,11,12). The Balaban J connectivity index is 1.80. The lowest BCUT2D eigenvalue weighted by atomic mass is 10.1. The Morgan fingerprint density at radius 3 is 3.18 bits per heavy atom. The van der Waals surface area contributed by atoms with Crippen molar-refractivity contribution < 1.29 is 19.1 Å². The predicted octanol–water partition coefficient (Wildman–Crippen LogP) is 0.0594. The lowest BCUT2D eigenvalue weighted by Crippen LogP contribution is -2.37. The number of rotatable bonds is 3. The maximum absolute atomic E-state index is 10.7. The van der Waals surface area contributed by atoms with E-state index in [-0.39, 0.29) is 30.2 Å². The van der Waals surface area contributed by atoms with Crippen LogP contribution in [0, 0.1) is 12.8 Å². The van der Waals surface area contributed by atoms with Gasteiger partial charge in [-0.2, -0.15) is 0 Å². The van der Waals surface area contributed by atoms with Gasteiger partial charge in [0.25, 0.3) is 0 Å². The molecule has 0 saturated carbocycles. The van der Waals surface area contributed by atoms with Crippen molar-refractivity contribution in [3.05, 3.63) is 12.8 Å². The fraction of sp³-hybridized carbons (Fsp3) is 0.600. The maximum atomic E-state index is 10.7. The minimum atomic E-state index is -0.384. The molecular weight excluding hydrogens is 244 g/mol. The third-order valence-electron chi connectivity index (χ3n) is 2.06. The molecule has 7 heteroatoms. The number of esters is 1. The van der Waals surface area contributed by atoms with Gasteiger partial charge in [0.2, 0.25) is 0 Å². The number of hydroxylamine groups is 1. The first kappa shape index (κ1) is 12.7. The van der Waals surface area contributed by atoms with Crippen molar-refractivity contribution in [1.82, 2.24) is 5.48 Å². The molecule has 2 heterocycles. The fourth-order valence-electron chi connectivity index (χ4n) is 1.38. The van der Waals surface area contributed by atoms with E-state index in [1.54, 1.807) is 0 Å². The Morgan fingerprint density at radius 1 is 1.65 bits per heavy atom. The van der Waals surface area contributed by atoms with Crippen molar-refractivity contribution in [2.24, 2.45) is 4.99 Å². The highest BCUT2D eigenvalue weighted by molar-refractivity contribution is 8.14. The molecule has 0 aromatic carbocycles. The summed E-state index contributed by atoms with van der Waals surface area (Å²) in [5.74, 6) is -0.338. The zero-order chi connectivity index (χ0) is 12.3. The van der Waals surface area contributed by atoms with Crippen LogP contribution in [0.15, 0.2) is 4.99 Å². The largest absolute Gasteiger partial charge is 0.463 e. The lowest BCUT2D eigenvalue weighted by molar-refractivity contribution is -0.145. The molecule has 3 atom stereocenters. The van der Waals surface area contributed by atoms with Gasteiger partial charge in [-0.15, -0.1) is 0 Å². The molecule has 2 aliphatic heterocycles. The average molecular weight is 256 g/mol. The molecule has 4 radical (unpaired) electrons. The predicted molar refractivity (Wildman–Crippen MR) is 60.7 cm³/mol. The number of nitrogens with one attached hydrogen (secondary N) is 1. The summed E-state index contributed by atoms with van der Waals surface area (Å²) in [6.07, 6.45) is 5.46. The second-order valence-corrected chi connectivity index (χ2v) is 4.47. The average Bonchev–Trinajstić information content (AvgIpc) is 2.68. The molecule has 0 aromatic rings. The number of carbonyl (C=O) groups excluding carboxylic acids is 1. The zero-order valence-corrected chi connectivity index (χ0v) is 10.2. The molecule has 1 N–H and O–H groups in total. The third kappa shape index (κ3) is 3.34. The van der Waals surface area contributed by atoms with Gasteiger partial charge in [-0.05, 0) is 0 Å². The number of ether oxygens (including phenoxy) is 2. The summed E-state index contributed by atoms with van der Waals surface area (Å²) in [6, 6.07) is -0.189. The summed E-state index contributed by atoms with van der Waals surface area (Å²) in [5.41, 5.74) is 2.47. The first-order chi connectivity index (χ1) is 8.19. The molecular formula is C10H12N2O4S. The van der Waals surface area contributed by atoms with Crippen LogP contribution in [-0.4, -0.2) is 42.4 Å². The highest BCUT2D eigenvalue weighted by Crippen LogP contribution is 2.34. The maximum Gasteiger partial charge on any atom is 0.302 e. The first-order valence-electron chi connectivity index (χ1n) is 5.02. The van der Waals surface area contributed by atoms with Crippen LogP contribution in [0.2, 0.25) is 0 Å². The van der Waals surface area contributed by atoms with Crippen molar-refractivity contribution in [3.63, 3.8) is 0 Å². The number of carbonyl (C=O) groups is 1. The van der Waals surface area contributed by atoms with Crippen molar-refractivity contribution in [2.45, 2.75) is 24.5 Å². The van der Waals surface area contributed by atoms with Gasteiger partial charge in [0, 0.05) is 19.8 Å². The highest BCUT2D eigenvalue weighted by atomic mass is 32.2. The second kappa shape index (κ2) is 5.70. The Labute approximate surface area is 104 Å². The monoisotopic (exact) mass is 256 g/mol. The van der Waals surface area contributed by atoms with Gasteiger partial charge in [0.05, 0.1) is 13.2 Å². The van der Waals surface area contributed by atoms with E-state index in [0.29, 0.717) is 5.17 Å². The minimum absolute atomic E-state index is 0.152. The van der Waals surface area contributed by atoms with Gasteiger partial charge >= 0.3 is 5.97 Å². The number of fused-ring (bicyclic) bond motifs is 1. The highest BCUT2D eigenvalue weighted by Gasteiger charge is 2.38. The quantitative estimate of drug-likeness (QED) is 0.569. The Kier molecular flexibility index (Phi) is 4.25. The van der Waals surface area contributed by atoms with Gasteiger partial charge in [0.15, 0.2) is 5.17 Å². The smallest absolute Gasteiger partial charge is 0.302 e. The molecule has 1 fully saturated rings. The molecule has 3 unspecified atom stereocenters. The fourth-order valence-corrected chi connectivity index (χ4v) is 2.35. The molecule has 2 rings (SSSR count). The summed E-state index contributed by atoms with van der Waals surface area (Å²) >= 11 is 1.41. The van der Waals surface area contributed by atoms with Gasteiger partial charge in [0.1, 0.15) is 18.1 Å². The van der Waals surface area contributed by atoms with Crippen molar-refractivity contribution in [2.75, 3.05) is 13.7 Å². The second-order valence-electron chi connectivity index (χ2n) is 3.39. The molecule has 0 amide bonds. The SMILES string of the molecule is CONC1=NC2[C][C]C(COC(C)=O)OC2S1. The molecule has 0 aliphatic carbocycles. The number of hydrogen-bond donors (Lipinski definition) is 1. The van der Waals surface area contributed by atoms with Crippen LogP contribution in [0.5, 0.6) is 0 Å². The van der Waals surface area contributed by atoms with E-state index in [1.807, 2.05) is 0 Å². The van der Waals surface area contributed by atoms with Crippen LogP contribution in [0.4, 0.5) is 0 Å². The van der Waals surface area contributed by atoms with E-state index in [4.69, 9.17) is 14.3 Å². The van der Waals surface area contributed by atoms with Crippen LogP contribution >= 0.6 is 11.8 Å². The van der Waals surface area contributed by atoms with Gasteiger partial charge in [-0.25, -0.2) is 5.48 Å². The van der Waals surface area contributed by atoms with Gasteiger partial charge in [-0.1, -0.05) is 11.8 Å². The molecule has 17 heavy (non-hydrogen) atoms. The number of amidine groups is 1. The van der Waals surface area contributed by atoms with Crippen LogP contribution in [0.1, 0.15) is 6.92 Å². The molecule has 2 aliphatic rings. The van der Waals surface area contributed by atoms with Crippen LogP contribution < -0.4 is 5.48 Å². The Hall–Kier alpha value is -0.790. The van der Waals surface area contributed by atoms with E-state index in [9.17, 15) is 4.79 Å². The number of thioether (sulfide) groups is 1. The van der Waals surface area contributed by atoms with E-state index in [1.165, 1.54) is 25.8 Å². The number of aliphatic imine (C=N–C) groups is 1. The van der Waals surface area contributed by atoms with Crippen LogP contribution in [0.25, 0.3) is 0 Å². The van der Waals surface area contributed by atoms with Gasteiger partial charge < -0.3 is 9.47 Å². The minimum Gasteiger partial charge on any atom is -0.463 e. The lowest BCUT2D eigenvalue weighted by Gasteiger charge is -2.28. The normalized spacial score (nSPS) is 31.6. The molecule has 0 aromatic heterocycles. The summed E-state index contributed by atoms with van der Waals surface area (Å²) in [5, 5.41) is 0.643. The summed E-state index contributed by atoms with van der Waals surface area (Å²) in [4.78, 5) is 19.7. The van der Waals surface area contributed by atoms with Crippen molar-refractivity contribution in [1.29, 1.82) is 0 Å². The molecule has 92 valence electrons. The van der Waals surface area contributed by atoms with E-state index in [2.05, 4.69) is 23.3 Å². The Morgan fingerprint density at radius 2 is 2.47 bits per heavy atom. The van der Waals surface area contributed by atoms with Crippen molar-refractivity contribution in [3.8, 4) is 0 Å². The Bertz CT molecular complexity index is 323.